The van der Waals surface area contributed by atoms with Gasteiger partial charge in [-0.15, -0.1) is 0 Å². The van der Waals surface area contributed by atoms with E-state index in [-0.39, 0.29) is 18.1 Å². The number of nitrogens with one attached hydrogen (secondary N) is 1. The minimum Gasteiger partial charge on any atom is -0.373 e. The van der Waals surface area contributed by atoms with E-state index < -0.39 is 10.2 Å². The molecule has 8 nitrogen and oxygen atoms in total. The molecule has 1 N–H and O–H groups in total. The highest BCUT2D eigenvalue weighted by Crippen LogP contribution is 2.19. The number of piperazine rings is 1. The highest BCUT2D eigenvalue weighted by molar-refractivity contribution is 7.86. The van der Waals surface area contributed by atoms with Crippen molar-refractivity contribution in [2.45, 2.75) is 38.9 Å². The molecule has 2 fully saturated rings. The lowest BCUT2D eigenvalue weighted by Gasteiger charge is -2.40. The van der Waals surface area contributed by atoms with Crippen LogP contribution in [0.2, 0.25) is 0 Å². The van der Waals surface area contributed by atoms with E-state index in [4.69, 9.17) is 4.74 Å². The summed E-state index contributed by atoms with van der Waals surface area (Å²) in [6, 6.07) is 0. The maximum absolute atomic E-state index is 12.8. The van der Waals surface area contributed by atoms with Crippen LogP contribution in [-0.2, 0) is 19.7 Å². The van der Waals surface area contributed by atoms with E-state index in [0.717, 1.165) is 13.0 Å². The van der Waals surface area contributed by atoms with E-state index in [0.29, 0.717) is 45.7 Å². The molecular weight excluding hydrogens is 332 g/mol. The summed E-state index contributed by atoms with van der Waals surface area (Å²) in [5.41, 5.74) is 0. The summed E-state index contributed by atoms with van der Waals surface area (Å²) in [7, 11) is -1.62. The fourth-order valence-corrected chi connectivity index (χ4v) is 4.97. The van der Waals surface area contributed by atoms with Crippen molar-refractivity contribution in [1.29, 1.82) is 0 Å². The van der Waals surface area contributed by atoms with Crippen molar-refractivity contribution < 1.29 is 17.9 Å². The van der Waals surface area contributed by atoms with E-state index in [1.807, 2.05) is 20.9 Å². The molecule has 24 heavy (non-hydrogen) atoms. The molecule has 2 aliphatic rings. The first-order chi connectivity index (χ1) is 11.3. The third-order valence-corrected chi connectivity index (χ3v) is 6.42. The molecule has 1 amide bonds. The van der Waals surface area contributed by atoms with Gasteiger partial charge in [0.15, 0.2) is 0 Å². The van der Waals surface area contributed by atoms with E-state index >= 15 is 0 Å². The fourth-order valence-electron chi connectivity index (χ4n) is 3.23. The largest absolute Gasteiger partial charge is 0.373 e. The Balaban J connectivity index is 1.87. The van der Waals surface area contributed by atoms with E-state index in [1.165, 1.54) is 8.61 Å². The average molecular weight is 362 g/mol. The summed E-state index contributed by atoms with van der Waals surface area (Å²) in [4.78, 5) is 13.9. The van der Waals surface area contributed by atoms with Crippen molar-refractivity contribution in [3.63, 3.8) is 0 Å². The van der Waals surface area contributed by atoms with Gasteiger partial charge in [-0.1, -0.05) is 0 Å². The van der Waals surface area contributed by atoms with Crippen LogP contribution in [0.15, 0.2) is 0 Å². The predicted molar refractivity (Wildman–Crippen MR) is 91.8 cm³/mol. The number of carbonyl (C=O) groups is 1. The Morgan fingerprint density at radius 2 is 1.67 bits per heavy atom. The Hall–Kier alpha value is -0.740. The van der Waals surface area contributed by atoms with Crippen LogP contribution in [0.25, 0.3) is 0 Å². The molecule has 140 valence electrons. The molecule has 0 spiro atoms. The molecule has 0 aromatic carbocycles. The van der Waals surface area contributed by atoms with E-state index in [2.05, 4.69) is 5.32 Å². The van der Waals surface area contributed by atoms with Crippen molar-refractivity contribution >= 4 is 16.1 Å². The number of nitrogens with zero attached hydrogens (tertiary/aromatic N) is 3. The molecule has 0 aliphatic carbocycles. The maximum Gasteiger partial charge on any atom is 0.282 e. The molecule has 2 rings (SSSR count). The number of amides is 1. The summed E-state index contributed by atoms with van der Waals surface area (Å²) in [5, 5.41) is 3.02. The van der Waals surface area contributed by atoms with Crippen molar-refractivity contribution in [1.82, 2.24) is 18.8 Å². The van der Waals surface area contributed by atoms with Crippen LogP contribution in [0.5, 0.6) is 0 Å². The van der Waals surface area contributed by atoms with Gasteiger partial charge in [0.25, 0.3) is 10.2 Å². The molecule has 0 radical (unpaired) electrons. The van der Waals surface area contributed by atoms with Crippen LogP contribution in [0.3, 0.4) is 0 Å². The number of hydrogen-bond acceptors (Lipinski definition) is 5. The molecule has 2 unspecified atom stereocenters. The van der Waals surface area contributed by atoms with Gasteiger partial charge in [0, 0.05) is 45.7 Å². The third kappa shape index (κ3) is 4.89. The van der Waals surface area contributed by atoms with E-state index in [1.54, 1.807) is 4.90 Å². The first-order valence-electron chi connectivity index (χ1n) is 8.67. The van der Waals surface area contributed by atoms with Crippen molar-refractivity contribution in [2.24, 2.45) is 0 Å². The Kier molecular flexibility index (Phi) is 6.99. The molecule has 0 aromatic heterocycles. The smallest absolute Gasteiger partial charge is 0.282 e. The Bertz CT molecular complexity index is 510. The number of carbonyl (C=O) groups excluding carboxylic acids is 1. The fraction of sp³-hybridized carbons (Fsp3) is 0.933. The van der Waals surface area contributed by atoms with Gasteiger partial charge >= 0.3 is 0 Å². The lowest BCUT2D eigenvalue weighted by molar-refractivity contribution is -0.132. The zero-order chi connectivity index (χ0) is 17.7. The van der Waals surface area contributed by atoms with Gasteiger partial charge in [0.05, 0.1) is 12.2 Å². The lowest BCUT2D eigenvalue weighted by Crippen LogP contribution is -2.57. The molecule has 9 heteroatoms. The van der Waals surface area contributed by atoms with Crippen LogP contribution in [0.1, 0.15) is 26.7 Å². The van der Waals surface area contributed by atoms with Gasteiger partial charge in [-0.05, 0) is 33.9 Å². The van der Waals surface area contributed by atoms with Gasteiger partial charge in [0.1, 0.15) is 0 Å². The molecule has 0 aromatic rings. The zero-order valence-electron chi connectivity index (χ0n) is 14.9. The summed E-state index contributed by atoms with van der Waals surface area (Å²) in [6.45, 7) is 7.01. The van der Waals surface area contributed by atoms with Crippen molar-refractivity contribution in [3.05, 3.63) is 0 Å². The maximum atomic E-state index is 12.8. The van der Waals surface area contributed by atoms with Gasteiger partial charge in [-0.3, -0.25) is 4.79 Å². The molecule has 0 saturated carbocycles. The molecule has 2 saturated heterocycles. The first-order valence-corrected chi connectivity index (χ1v) is 10.1. The predicted octanol–water partition coefficient (Wildman–Crippen LogP) is -0.516. The summed E-state index contributed by atoms with van der Waals surface area (Å²) < 4.78 is 34.2. The molecule has 2 aliphatic heterocycles. The number of hydrogen-bond donors (Lipinski definition) is 1. The van der Waals surface area contributed by atoms with Crippen LogP contribution in [-0.4, -0.2) is 92.9 Å². The molecule has 2 atom stereocenters. The minimum atomic E-state index is -3.48. The minimum absolute atomic E-state index is 0.0985. The molecule has 2 heterocycles. The second-order valence-corrected chi connectivity index (χ2v) is 8.50. The normalized spacial score (nSPS) is 27.4. The zero-order valence-corrected chi connectivity index (χ0v) is 15.7. The highest BCUT2D eigenvalue weighted by Gasteiger charge is 2.37. The van der Waals surface area contributed by atoms with Crippen LogP contribution in [0, 0.1) is 0 Å². The van der Waals surface area contributed by atoms with Crippen LogP contribution in [0.4, 0.5) is 0 Å². The first kappa shape index (κ1) is 19.6. The van der Waals surface area contributed by atoms with Gasteiger partial charge in [-0.25, -0.2) is 0 Å². The summed E-state index contributed by atoms with van der Waals surface area (Å²) in [6.07, 6.45) is 1.11. The van der Waals surface area contributed by atoms with Crippen molar-refractivity contribution in [2.75, 3.05) is 52.9 Å². The summed E-state index contributed by atoms with van der Waals surface area (Å²) >= 11 is 0. The quantitative estimate of drug-likeness (QED) is 0.643. The molecular formula is C15H30N4O4S. The van der Waals surface area contributed by atoms with Crippen molar-refractivity contribution in [3.8, 4) is 0 Å². The Morgan fingerprint density at radius 3 is 2.21 bits per heavy atom. The van der Waals surface area contributed by atoms with Gasteiger partial charge in [0.2, 0.25) is 5.91 Å². The van der Waals surface area contributed by atoms with Crippen LogP contribution < -0.4 is 5.32 Å². The lowest BCUT2D eigenvalue weighted by atomic mass is 10.2. The monoisotopic (exact) mass is 362 g/mol. The van der Waals surface area contributed by atoms with Crippen LogP contribution >= 0.6 is 0 Å². The highest BCUT2D eigenvalue weighted by atomic mass is 32.2. The molecule has 0 bridgehead atoms. The number of morpholine rings is 1. The second-order valence-electron chi connectivity index (χ2n) is 6.57. The number of rotatable bonds is 6. The van der Waals surface area contributed by atoms with Gasteiger partial charge < -0.3 is 15.0 Å². The van der Waals surface area contributed by atoms with E-state index in [9.17, 15) is 13.2 Å². The third-order valence-electron chi connectivity index (χ3n) is 4.45. The number of ether oxygens (including phenoxy) is 1. The standard InChI is InChI=1S/C15H30N4O4S/c1-13-11-19(12-14(2)23-13)24(21,22)18-9-7-17(8-10-18)15(20)5-4-6-16-3/h13-14,16H,4-12H2,1-3H3. The second kappa shape index (κ2) is 8.57. The Labute approximate surface area is 145 Å². The van der Waals surface area contributed by atoms with Gasteiger partial charge in [-0.2, -0.15) is 17.0 Å². The Morgan fingerprint density at radius 1 is 1.08 bits per heavy atom. The SMILES string of the molecule is CNCCCC(=O)N1CCN(S(=O)(=O)N2CC(C)OC(C)C2)CC1. The topological polar surface area (TPSA) is 82.2 Å². The summed E-state index contributed by atoms with van der Waals surface area (Å²) in [5.74, 6) is 0.107. The average Bonchev–Trinajstić information content (AvgIpc) is 2.54.